The number of anilines is 1. The quantitative estimate of drug-likeness (QED) is 0.774. The molecule has 1 aliphatic carbocycles. The minimum Gasteiger partial charge on any atom is -0.382 e. The van der Waals surface area contributed by atoms with Crippen molar-refractivity contribution in [3.8, 4) is 0 Å². The number of rotatable bonds is 7. The number of ether oxygens (including phenoxy) is 1. The van der Waals surface area contributed by atoms with Gasteiger partial charge in [0, 0.05) is 38.2 Å². The Kier molecular flexibility index (Phi) is 5.46. The lowest BCUT2D eigenvalue weighted by atomic mass is 9.73. The van der Waals surface area contributed by atoms with E-state index in [1.165, 1.54) is 25.7 Å². The maximum Gasteiger partial charge on any atom is 0.203 e. The first kappa shape index (κ1) is 15.4. The van der Waals surface area contributed by atoms with Crippen molar-refractivity contribution in [2.75, 3.05) is 18.5 Å². The lowest BCUT2D eigenvalue weighted by Crippen LogP contribution is -2.39. The van der Waals surface area contributed by atoms with Crippen LogP contribution in [0.25, 0.3) is 0 Å². The van der Waals surface area contributed by atoms with Crippen molar-refractivity contribution in [3.63, 3.8) is 0 Å². The summed E-state index contributed by atoms with van der Waals surface area (Å²) in [4.78, 5) is 4.49. The summed E-state index contributed by atoms with van der Waals surface area (Å²) in [6.07, 6.45) is 10.2. The smallest absolute Gasteiger partial charge is 0.203 e. The molecule has 1 N–H and O–H groups in total. The summed E-state index contributed by atoms with van der Waals surface area (Å²) in [5, 5.41) is 3.67. The van der Waals surface area contributed by atoms with E-state index in [2.05, 4.69) is 34.9 Å². The summed E-state index contributed by atoms with van der Waals surface area (Å²) < 4.78 is 7.61. The van der Waals surface area contributed by atoms with Gasteiger partial charge in [-0.3, -0.25) is 0 Å². The Balaban J connectivity index is 1.90. The number of nitrogens with zero attached hydrogens (tertiary/aromatic N) is 2. The standard InChI is InChI=1S/C16H29N3O/c1-4-20-13-7-11-19-12-10-17-15(19)18-14-8-5-6-9-16(14,2)3/h10,12,14H,4-9,11,13H2,1-3H3,(H,17,18). The van der Waals surface area contributed by atoms with E-state index < -0.39 is 0 Å². The van der Waals surface area contributed by atoms with Crippen LogP contribution in [0.1, 0.15) is 52.9 Å². The second-order valence-corrected chi connectivity index (χ2v) is 6.43. The maximum absolute atomic E-state index is 5.40. The van der Waals surface area contributed by atoms with Crippen LogP contribution in [0.4, 0.5) is 5.95 Å². The Hall–Kier alpha value is -1.03. The van der Waals surface area contributed by atoms with E-state index >= 15 is 0 Å². The molecule has 1 aromatic rings. The molecule has 0 spiro atoms. The average molecular weight is 279 g/mol. The van der Waals surface area contributed by atoms with E-state index in [0.717, 1.165) is 32.1 Å². The number of nitrogens with one attached hydrogen (secondary N) is 1. The van der Waals surface area contributed by atoms with E-state index in [1.54, 1.807) is 0 Å². The molecule has 0 radical (unpaired) electrons. The summed E-state index contributed by atoms with van der Waals surface area (Å²) in [5.74, 6) is 1.02. The van der Waals surface area contributed by atoms with Crippen LogP contribution in [0.3, 0.4) is 0 Å². The highest BCUT2D eigenvalue weighted by molar-refractivity contribution is 5.29. The molecule has 2 rings (SSSR count). The monoisotopic (exact) mass is 279 g/mol. The fourth-order valence-corrected chi connectivity index (χ4v) is 3.03. The zero-order chi connectivity index (χ0) is 14.4. The van der Waals surface area contributed by atoms with Gasteiger partial charge in [-0.15, -0.1) is 0 Å². The van der Waals surface area contributed by atoms with Gasteiger partial charge < -0.3 is 14.6 Å². The van der Waals surface area contributed by atoms with Crippen molar-refractivity contribution in [1.29, 1.82) is 0 Å². The second-order valence-electron chi connectivity index (χ2n) is 6.43. The van der Waals surface area contributed by atoms with Crippen LogP contribution in [0.5, 0.6) is 0 Å². The summed E-state index contributed by atoms with van der Waals surface area (Å²) in [6.45, 7) is 9.36. The largest absolute Gasteiger partial charge is 0.382 e. The first-order valence-corrected chi connectivity index (χ1v) is 7.99. The Morgan fingerprint density at radius 3 is 3.05 bits per heavy atom. The van der Waals surface area contributed by atoms with Gasteiger partial charge in [0.1, 0.15) is 0 Å². The molecule has 1 aromatic heterocycles. The van der Waals surface area contributed by atoms with Crippen LogP contribution in [-0.4, -0.2) is 28.8 Å². The van der Waals surface area contributed by atoms with Gasteiger partial charge >= 0.3 is 0 Å². The minimum atomic E-state index is 0.361. The molecule has 114 valence electrons. The van der Waals surface area contributed by atoms with Crippen LogP contribution in [-0.2, 0) is 11.3 Å². The summed E-state index contributed by atoms with van der Waals surface area (Å²) in [6, 6.07) is 0.532. The molecule has 4 nitrogen and oxygen atoms in total. The molecular formula is C16H29N3O. The lowest BCUT2D eigenvalue weighted by molar-refractivity contribution is 0.141. The van der Waals surface area contributed by atoms with E-state index in [1.807, 2.05) is 13.1 Å². The lowest BCUT2D eigenvalue weighted by Gasteiger charge is -2.39. The normalized spacial score (nSPS) is 21.9. The van der Waals surface area contributed by atoms with Crippen molar-refractivity contribution in [1.82, 2.24) is 9.55 Å². The molecule has 20 heavy (non-hydrogen) atoms. The first-order chi connectivity index (χ1) is 9.63. The molecule has 0 aliphatic heterocycles. The number of hydrogen-bond acceptors (Lipinski definition) is 3. The van der Waals surface area contributed by atoms with Gasteiger partial charge in [0.15, 0.2) is 0 Å². The summed E-state index contributed by atoms with van der Waals surface area (Å²) in [5.41, 5.74) is 0.361. The Morgan fingerprint density at radius 2 is 2.30 bits per heavy atom. The molecule has 0 bridgehead atoms. The average Bonchev–Trinajstić information content (AvgIpc) is 2.85. The van der Waals surface area contributed by atoms with Gasteiger partial charge in [-0.25, -0.2) is 4.98 Å². The maximum atomic E-state index is 5.40. The van der Waals surface area contributed by atoms with Crippen LogP contribution in [0.15, 0.2) is 12.4 Å². The van der Waals surface area contributed by atoms with Gasteiger partial charge in [-0.2, -0.15) is 0 Å². The Bertz CT molecular complexity index is 400. The molecule has 0 saturated heterocycles. The molecular weight excluding hydrogens is 250 g/mol. The zero-order valence-electron chi connectivity index (χ0n) is 13.2. The first-order valence-electron chi connectivity index (χ1n) is 7.99. The third kappa shape index (κ3) is 3.98. The van der Waals surface area contributed by atoms with Gasteiger partial charge in [-0.1, -0.05) is 26.7 Å². The second kappa shape index (κ2) is 7.11. The summed E-state index contributed by atoms with van der Waals surface area (Å²) in [7, 11) is 0. The zero-order valence-corrected chi connectivity index (χ0v) is 13.2. The molecule has 0 aromatic carbocycles. The van der Waals surface area contributed by atoms with Crippen LogP contribution >= 0.6 is 0 Å². The fraction of sp³-hybridized carbons (Fsp3) is 0.812. The van der Waals surface area contributed by atoms with Crippen molar-refractivity contribution < 1.29 is 4.74 Å². The van der Waals surface area contributed by atoms with Crippen LogP contribution < -0.4 is 5.32 Å². The molecule has 1 atom stereocenters. The Labute approximate surface area is 122 Å². The van der Waals surface area contributed by atoms with Crippen molar-refractivity contribution >= 4 is 5.95 Å². The SMILES string of the molecule is CCOCCCn1ccnc1NC1CCCCC1(C)C. The topological polar surface area (TPSA) is 39.1 Å². The van der Waals surface area contributed by atoms with Gasteiger partial charge in [-0.05, 0) is 31.6 Å². The van der Waals surface area contributed by atoms with Gasteiger partial charge in [0.05, 0.1) is 0 Å². The van der Waals surface area contributed by atoms with E-state index in [-0.39, 0.29) is 0 Å². The molecule has 4 heteroatoms. The molecule has 1 heterocycles. The van der Waals surface area contributed by atoms with E-state index in [9.17, 15) is 0 Å². The van der Waals surface area contributed by atoms with Crippen molar-refractivity contribution in [3.05, 3.63) is 12.4 Å². The highest BCUT2D eigenvalue weighted by atomic mass is 16.5. The minimum absolute atomic E-state index is 0.361. The van der Waals surface area contributed by atoms with E-state index in [0.29, 0.717) is 11.5 Å². The molecule has 1 aliphatic rings. The van der Waals surface area contributed by atoms with Crippen molar-refractivity contribution in [2.45, 2.75) is 65.5 Å². The number of aromatic nitrogens is 2. The van der Waals surface area contributed by atoms with Gasteiger partial charge in [0.25, 0.3) is 0 Å². The third-order valence-electron chi connectivity index (χ3n) is 4.42. The number of hydrogen-bond donors (Lipinski definition) is 1. The number of imidazole rings is 1. The summed E-state index contributed by atoms with van der Waals surface area (Å²) >= 11 is 0. The highest BCUT2D eigenvalue weighted by Crippen LogP contribution is 2.37. The molecule has 0 amide bonds. The Morgan fingerprint density at radius 1 is 1.45 bits per heavy atom. The predicted octanol–water partition coefficient (Wildman–Crippen LogP) is 3.69. The molecule has 1 fully saturated rings. The van der Waals surface area contributed by atoms with E-state index in [4.69, 9.17) is 4.74 Å². The predicted molar refractivity (Wildman–Crippen MR) is 83.0 cm³/mol. The molecule has 1 saturated carbocycles. The van der Waals surface area contributed by atoms with Gasteiger partial charge in [0.2, 0.25) is 5.95 Å². The fourth-order valence-electron chi connectivity index (χ4n) is 3.03. The van der Waals surface area contributed by atoms with Crippen LogP contribution in [0.2, 0.25) is 0 Å². The van der Waals surface area contributed by atoms with Crippen LogP contribution in [0, 0.1) is 5.41 Å². The highest BCUT2D eigenvalue weighted by Gasteiger charge is 2.32. The third-order valence-corrected chi connectivity index (χ3v) is 4.42. The van der Waals surface area contributed by atoms with Crippen molar-refractivity contribution in [2.24, 2.45) is 5.41 Å². The number of aryl methyl sites for hydroxylation is 1. The molecule has 1 unspecified atom stereocenters.